The number of hydrogen-bond donors (Lipinski definition) is 1. The molecule has 7 nitrogen and oxygen atoms in total. The number of nitrogens with two attached hydrogens (primary N) is 1. The van der Waals surface area contributed by atoms with Gasteiger partial charge in [-0.05, 0) is 17.5 Å². The smallest absolute Gasteiger partial charge is 0.270 e. The van der Waals surface area contributed by atoms with E-state index in [1.54, 1.807) is 0 Å². The van der Waals surface area contributed by atoms with E-state index >= 15 is 0 Å². The van der Waals surface area contributed by atoms with E-state index in [0.29, 0.717) is 12.0 Å². The van der Waals surface area contributed by atoms with Gasteiger partial charge in [0, 0.05) is 37.2 Å². The summed E-state index contributed by atoms with van der Waals surface area (Å²) in [5.74, 6) is -0.102. The Balaban J connectivity index is 1.97. The Labute approximate surface area is 152 Å². The van der Waals surface area contributed by atoms with Gasteiger partial charge in [0.05, 0.1) is 9.82 Å². The summed E-state index contributed by atoms with van der Waals surface area (Å²) in [4.78, 5) is 10.5. The maximum absolute atomic E-state index is 13.2. The van der Waals surface area contributed by atoms with E-state index in [0.717, 1.165) is 11.6 Å². The Morgan fingerprint density at radius 1 is 1.19 bits per heavy atom. The van der Waals surface area contributed by atoms with Gasteiger partial charge in [0.2, 0.25) is 10.0 Å². The lowest BCUT2D eigenvalue weighted by atomic mass is 9.95. The van der Waals surface area contributed by atoms with Crippen LogP contribution in [0.1, 0.15) is 24.0 Å². The van der Waals surface area contributed by atoms with E-state index in [9.17, 15) is 18.5 Å². The summed E-state index contributed by atoms with van der Waals surface area (Å²) in [6.45, 7) is 2.27. The number of non-ortho nitro benzene ring substituents is 1. The molecule has 1 heterocycles. The van der Waals surface area contributed by atoms with Gasteiger partial charge in [0.25, 0.3) is 5.69 Å². The van der Waals surface area contributed by atoms with Crippen LogP contribution in [0.2, 0.25) is 0 Å². The van der Waals surface area contributed by atoms with E-state index in [4.69, 9.17) is 5.73 Å². The highest BCUT2D eigenvalue weighted by atomic mass is 32.2. The molecular formula is C18H21N3O4S. The molecule has 3 rings (SSSR count). The molecule has 1 saturated heterocycles. The molecule has 0 saturated carbocycles. The van der Waals surface area contributed by atoms with Crippen LogP contribution in [0.3, 0.4) is 0 Å². The molecule has 0 amide bonds. The predicted octanol–water partition coefficient (Wildman–Crippen LogP) is 2.27. The molecule has 2 atom stereocenters. The molecule has 1 aliphatic rings. The molecule has 0 spiro atoms. The Morgan fingerprint density at radius 2 is 1.88 bits per heavy atom. The van der Waals surface area contributed by atoms with Crippen LogP contribution in [0, 0.1) is 10.1 Å². The number of rotatable bonds is 5. The fourth-order valence-electron chi connectivity index (χ4n) is 3.37. The highest BCUT2D eigenvalue weighted by Crippen LogP contribution is 2.32. The van der Waals surface area contributed by atoms with Crippen molar-refractivity contribution in [1.82, 2.24) is 4.31 Å². The average molecular weight is 375 g/mol. The molecule has 0 aromatic heterocycles. The first-order chi connectivity index (χ1) is 12.3. The summed E-state index contributed by atoms with van der Waals surface area (Å²) in [5, 5.41) is 11.1. The Morgan fingerprint density at radius 3 is 2.50 bits per heavy atom. The Kier molecular flexibility index (Phi) is 5.08. The standard InChI is InChI=1S/C18H21N3O4S/c1-2-13-8-9-15(21(22)23)10-18(13)26(24,25)20-11-16(17(19)12-20)14-6-4-3-5-7-14/h3-10,16-17H,2,11-12,19H2,1H3/t16-,17+/m0/s1. The molecule has 26 heavy (non-hydrogen) atoms. The van der Waals surface area contributed by atoms with E-state index in [1.165, 1.54) is 16.4 Å². The van der Waals surface area contributed by atoms with Crippen molar-refractivity contribution in [2.24, 2.45) is 5.73 Å². The predicted molar refractivity (Wildman–Crippen MR) is 98.4 cm³/mol. The lowest BCUT2D eigenvalue weighted by molar-refractivity contribution is -0.385. The van der Waals surface area contributed by atoms with Gasteiger partial charge in [-0.2, -0.15) is 4.31 Å². The monoisotopic (exact) mass is 375 g/mol. The largest absolute Gasteiger partial charge is 0.326 e. The van der Waals surface area contributed by atoms with E-state index in [2.05, 4.69) is 0 Å². The lowest BCUT2D eigenvalue weighted by Gasteiger charge is -2.18. The number of nitro benzene ring substituents is 1. The molecule has 138 valence electrons. The van der Waals surface area contributed by atoms with Gasteiger partial charge in [-0.1, -0.05) is 43.3 Å². The normalized spacial score (nSPS) is 21.0. The fourth-order valence-corrected chi connectivity index (χ4v) is 5.19. The van der Waals surface area contributed by atoms with Gasteiger partial charge in [-0.3, -0.25) is 10.1 Å². The molecule has 2 aromatic rings. The summed E-state index contributed by atoms with van der Waals surface area (Å²) in [6.07, 6.45) is 0.467. The molecule has 1 fully saturated rings. The Bertz CT molecular complexity index is 915. The van der Waals surface area contributed by atoms with E-state index < -0.39 is 14.9 Å². The number of sulfonamides is 1. The number of hydrogen-bond acceptors (Lipinski definition) is 5. The number of nitro groups is 1. The number of benzene rings is 2. The highest BCUT2D eigenvalue weighted by molar-refractivity contribution is 7.89. The third-order valence-corrected chi connectivity index (χ3v) is 6.73. The van der Waals surface area contributed by atoms with Crippen LogP contribution in [0.4, 0.5) is 5.69 Å². The summed E-state index contributed by atoms with van der Waals surface area (Å²) in [6, 6.07) is 13.2. The molecular weight excluding hydrogens is 354 g/mol. The molecule has 0 bridgehead atoms. The highest BCUT2D eigenvalue weighted by Gasteiger charge is 2.39. The van der Waals surface area contributed by atoms with Crippen molar-refractivity contribution >= 4 is 15.7 Å². The summed E-state index contributed by atoms with van der Waals surface area (Å²) < 4.78 is 27.7. The summed E-state index contributed by atoms with van der Waals surface area (Å²) in [5.41, 5.74) is 7.53. The second-order valence-electron chi connectivity index (χ2n) is 6.41. The topological polar surface area (TPSA) is 107 Å². The maximum Gasteiger partial charge on any atom is 0.270 e. The fraction of sp³-hybridized carbons (Fsp3) is 0.333. The second-order valence-corrected chi connectivity index (χ2v) is 8.31. The van der Waals surface area contributed by atoms with E-state index in [1.807, 2.05) is 37.3 Å². The van der Waals surface area contributed by atoms with Gasteiger partial charge in [-0.25, -0.2) is 8.42 Å². The van der Waals surface area contributed by atoms with Crippen LogP contribution < -0.4 is 5.73 Å². The van der Waals surface area contributed by atoms with Crippen molar-refractivity contribution in [2.45, 2.75) is 30.2 Å². The zero-order valence-electron chi connectivity index (χ0n) is 14.4. The van der Waals surface area contributed by atoms with Crippen LogP contribution in [0.25, 0.3) is 0 Å². The minimum atomic E-state index is -3.86. The van der Waals surface area contributed by atoms with Crippen molar-refractivity contribution in [2.75, 3.05) is 13.1 Å². The first kappa shape index (κ1) is 18.5. The van der Waals surface area contributed by atoms with Crippen molar-refractivity contribution < 1.29 is 13.3 Å². The average Bonchev–Trinajstić information content (AvgIpc) is 3.04. The molecule has 0 radical (unpaired) electrons. The van der Waals surface area contributed by atoms with Crippen molar-refractivity contribution in [1.29, 1.82) is 0 Å². The van der Waals surface area contributed by atoms with Crippen LogP contribution in [-0.4, -0.2) is 36.8 Å². The number of nitrogens with zero attached hydrogens (tertiary/aromatic N) is 2. The summed E-state index contributed by atoms with van der Waals surface area (Å²) >= 11 is 0. The molecule has 0 unspecified atom stereocenters. The third-order valence-electron chi connectivity index (χ3n) is 4.82. The molecule has 1 aliphatic heterocycles. The molecule has 2 N–H and O–H groups in total. The number of aryl methyl sites for hydroxylation is 1. The van der Waals surface area contributed by atoms with Crippen molar-refractivity contribution in [3.05, 3.63) is 69.8 Å². The quantitative estimate of drug-likeness (QED) is 0.637. The van der Waals surface area contributed by atoms with Gasteiger partial charge in [0.1, 0.15) is 0 Å². The van der Waals surface area contributed by atoms with Gasteiger partial charge >= 0.3 is 0 Å². The third kappa shape index (κ3) is 3.35. The first-order valence-corrected chi connectivity index (χ1v) is 9.86. The van der Waals surface area contributed by atoms with E-state index in [-0.39, 0.29) is 35.6 Å². The van der Waals surface area contributed by atoms with Crippen molar-refractivity contribution in [3.8, 4) is 0 Å². The van der Waals surface area contributed by atoms with Gasteiger partial charge < -0.3 is 5.73 Å². The minimum Gasteiger partial charge on any atom is -0.326 e. The maximum atomic E-state index is 13.2. The second kappa shape index (κ2) is 7.14. The van der Waals surface area contributed by atoms with Gasteiger partial charge in [0.15, 0.2) is 0 Å². The van der Waals surface area contributed by atoms with Crippen LogP contribution >= 0.6 is 0 Å². The van der Waals surface area contributed by atoms with Crippen LogP contribution in [0.15, 0.2) is 53.4 Å². The molecule has 2 aromatic carbocycles. The van der Waals surface area contributed by atoms with Crippen LogP contribution in [-0.2, 0) is 16.4 Å². The lowest BCUT2D eigenvalue weighted by Crippen LogP contribution is -2.32. The SMILES string of the molecule is CCc1ccc([N+](=O)[O-])cc1S(=O)(=O)N1C[C@@H](N)[C@H](c2ccccc2)C1. The van der Waals surface area contributed by atoms with Crippen LogP contribution in [0.5, 0.6) is 0 Å². The Hall–Kier alpha value is -2.29. The molecule has 8 heteroatoms. The zero-order valence-corrected chi connectivity index (χ0v) is 15.2. The van der Waals surface area contributed by atoms with Crippen molar-refractivity contribution in [3.63, 3.8) is 0 Å². The molecule has 0 aliphatic carbocycles. The zero-order chi connectivity index (χ0) is 18.9. The minimum absolute atomic E-state index is 0.00453. The van der Waals surface area contributed by atoms with Gasteiger partial charge in [-0.15, -0.1) is 0 Å². The first-order valence-electron chi connectivity index (χ1n) is 8.42. The summed E-state index contributed by atoms with van der Waals surface area (Å²) in [7, 11) is -3.86.